The Hall–Kier alpha value is -3.10. The fourth-order valence-electron chi connectivity index (χ4n) is 4.43. The summed E-state index contributed by atoms with van der Waals surface area (Å²) in [6.07, 6.45) is 11.8. The van der Waals surface area contributed by atoms with Gasteiger partial charge in [-0.05, 0) is 92.3 Å². The molecule has 5 heteroatoms. The van der Waals surface area contributed by atoms with Gasteiger partial charge in [0.1, 0.15) is 0 Å². The molecule has 194 valence electrons. The second-order valence-corrected chi connectivity index (χ2v) is 9.47. The van der Waals surface area contributed by atoms with Crippen molar-refractivity contribution in [2.45, 2.75) is 78.1 Å². The van der Waals surface area contributed by atoms with Crippen LogP contribution in [-0.2, 0) is 4.74 Å². The number of carbonyl (C=O) groups is 1. The first-order valence-electron chi connectivity index (χ1n) is 13.3. The number of allylic oxidation sites excluding steroid dienone is 2. The van der Waals surface area contributed by atoms with E-state index >= 15 is 0 Å². The highest BCUT2D eigenvalue weighted by Gasteiger charge is 2.14. The molecular weight excluding hydrogens is 446 g/mol. The van der Waals surface area contributed by atoms with Crippen LogP contribution in [0.15, 0.2) is 48.5 Å². The third kappa shape index (κ3) is 10.3. The highest BCUT2D eigenvalue weighted by molar-refractivity contribution is 5.90. The Bertz CT molecular complexity index is 999. The maximum absolute atomic E-state index is 11.9. The maximum Gasteiger partial charge on any atom is 0.319 e. The lowest BCUT2D eigenvalue weighted by molar-refractivity contribution is 0.192. The van der Waals surface area contributed by atoms with Crippen molar-refractivity contribution in [2.75, 3.05) is 25.6 Å². The van der Waals surface area contributed by atoms with Crippen molar-refractivity contribution in [1.82, 2.24) is 5.32 Å². The van der Waals surface area contributed by atoms with Crippen LogP contribution < -0.4 is 10.6 Å². The number of methoxy groups -OCH3 is 1. The van der Waals surface area contributed by atoms with E-state index in [9.17, 15) is 4.79 Å². The molecule has 0 saturated heterocycles. The van der Waals surface area contributed by atoms with Crippen molar-refractivity contribution >= 4 is 17.3 Å². The van der Waals surface area contributed by atoms with E-state index in [1.54, 1.807) is 7.11 Å². The summed E-state index contributed by atoms with van der Waals surface area (Å²) in [5.41, 5.74) is 6.47. The monoisotopic (exact) mass is 489 g/mol. The van der Waals surface area contributed by atoms with Crippen molar-refractivity contribution in [1.29, 1.82) is 5.26 Å². The normalized spacial score (nSPS) is 13.8. The molecule has 5 nitrogen and oxygen atoms in total. The molecule has 2 N–H and O–H groups in total. The quantitative estimate of drug-likeness (QED) is 0.351. The molecule has 2 aromatic rings. The number of ether oxygens (including phenoxy) is 1. The minimum Gasteiger partial charge on any atom is -0.385 e. The molecule has 0 aromatic heterocycles. The topological polar surface area (TPSA) is 74.2 Å². The van der Waals surface area contributed by atoms with Crippen LogP contribution in [0, 0.1) is 18.3 Å². The van der Waals surface area contributed by atoms with E-state index < -0.39 is 0 Å². The van der Waals surface area contributed by atoms with Gasteiger partial charge in [0.05, 0.1) is 11.6 Å². The van der Waals surface area contributed by atoms with Gasteiger partial charge in [0, 0.05) is 25.9 Å². The molecule has 3 rings (SSSR count). The summed E-state index contributed by atoms with van der Waals surface area (Å²) in [6, 6.07) is 16.3. The van der Waals surface area contributed by atoms with E-state index in [1.807, 2.05) is 31.2 Å². The number of hydrogen-bond acceptors (Lipinski definition) is 3. The summed E-state index contributed by atoms with van der Waals surface area (Å²) >= 11 is 0. The number of amides is 2. The van der Waals surface area contributed by atoms with E-state index in [2.05, 4.69) is 54.8 Å². The van der Waals surface area contributed by atoms with Gasteiger partial charge >= 0.3 is 6.03 Å². The number of hydrogen-bond donors (Lipinski definition) is 2. The Morgan fingerprint density at radius 1 is 1.11 bits per heavy atom. The van der Waals surface area contributed by atoms with Crippen LogP contribution in [0.25, 0.3) is 5.57 Å². The Kier molecular flexibility index (Phi) is 13.4. The third-order valence-electron chi connectivity index (χ3n) is 6.63. The molecule has 0 radical (unpaired) electrons. The summed E-state index contributed by atoms with van der Waals surface area (Å²) in [6.45, 7) is 7.59. The van der Waals surface area contributed by atoms with E-state index in [1.165, 1.54) is 43.2 Å². The predicted octanol–water partition coefficient (Wildman–Crippen LogP) is 7.96. The molecular formula is C31H43N3O2. The number of unbranched alkanes of at least 4 members (excludes halogenated alkanes) is 1. The number of rotatable bonds is 9. The molecule has 0 atom stereocenters. The molecule has 0 spiro atoms. The number of nitrogens with one attached hydrogen (secondary N) is 2. The summed E-state index contributed by atoms with van der Waals surface area (Å²) in [4.78, 5) is 11.9. The second kappa shape index (κ2) is 16.5. The van der Waals surface area contributed by atoms with Crippen LogP contribution >= 0.6 is 0 Å². The lowest BCUT2D eigenvalue weighted by Crippen LogP contribution is -2.29. The minimum absolute atomic E-state index is 0.158. The second-order valence-electron chi connectivity index (χ2n) is 9.47. The van der Waals surface area contributed by atoms with Gasteiger partial charge in [0.2, 0.25) is 0 Å². The van der Waals surface area contributed by atoms with Crippen LogP contribution in [0.3, 0.4) is 0 Å². The fourth-order valence-corrected chi connectivity index (χ4v) is 4.43. The van der Waals surface area contributed by atoms with Crippen molar-refractivity contribution in [3.05, 3.63) is 70.8 Å². The van der Waals surface area contributed by atoms with Crippen LogP contribution in [-0.4, -0.2) is 26.3 Å². The van der Waals surface area contributed by atoms with Gasteiger partial charge < -0.3 is 15.4 Å². The molecule has 0 bridgehead atoms. The minimum atomic E-state index is -0.158. The summed E-state index contributed by atoms with van der Waals surface area (Å²) in [5.74, 6) is 0.747. The Labute approximate surface area is 218 Å². The van der Waals surface area contributed by atoms with Crippen molar-refractivity contribution in [3.63, 3.8) is 0 Å². The van der Waals surface area contributed by atoms with Gasteiger partial charge in [-0.15, -0.1) is 0 Å². The molecule has 0 heterocycles. The van der Waals surface area contributed by atoms with Crippen molar-refractivity contribution in [2.24, 2.45) is 0 Å². The van der Waals surface area contributed by atoms with Gasteiger partial charge in [-0.3, -0.25) is 0 Å². The highest BCUT2D eigenvalue weighted by atomic mass is 16.5. The molecule has 1 saturated carbocycles. The van der Waals surface area contributed by atoms with Gasteiger partial charge in [-0.2, -0.15) is 5.26 Å². The first-order chi connectivity index (χ1) is 17.5. The fraction of sp³-hybridized carbons (Fsp3) is 0.484. The number of benzene rings is 2. The predicted molar refractivity (Wildman–Crippen MR) is 150 cm³/mol. The van der Waals surface area contributed by atoms with E-state index in [4.69, 9.17) is 10.00 Å². The van der Waals surface area contributed by atoms with Crippen LogP contribution in [0.5, 0.6) is 0 Å². The van der Waals surface area contributed by atoms with E-state index in [0.717, 1.165) is 54.2 Å². The first-order valence-corrected chi connectivity index (χ1v) is 13.3. The molecule has 0 aliphatic heterocycles. The zero-order valence-corrected chi connectivity index (χ0v) is 22.5. The summed E-state index contributed by atoms with van der Waals surface area (Å²) in [7, 11) is 1.69. The smallest absolute Gasteiger partial charge is 0.319 e. The number of nitrogens with zero attached hydrogens (tertiary/aromatic N) is 1. The lowest BCUT2D eigenvalue weighted by Gasteiger charge is -2.21. The highest BCUT2D eigenvalue weighted by Crippen LogP contribution is 2.32. The largest absolute Gasteiger partial charge is 0.385 e. The summed E-state index contributed by atoms with van der Waals surface area (Å²) in [5, 5.41) is 14.5. The van der Waals surface area contributed by atoms with Gasteiger partial charge in [-0.25, -0.2) is 4.79 Å². The van der Waals surface area contributed by atoms with Gasteiger partial charge in [-0.1, -0.05) is 56.5 Å². The molecule has 2 aromatic carbocycles. The van der Waals surface area contributed by atoms with Crippen molar-refractivity contribution < 1.29 is 9.53 Å². The average molecular weight is 490 g/mol. The molecule has 1 aliphatic carbocycles. The molecule has 36 heavy (non-hydrogen) atoms. The number of urea groups is 1. The van der Waals surface area contributed by atoms with Crippen LogP contribution in [0.1, 0.15) is 93.4 Å². The number of aryl methyl sites for hydroxylation is 1. The number of carbonyl (C=O) groups excluding carboxylic acids is 1. The third-order valence-corrected chi connectivity index (χ3v) is 6.63. The van der Waals surface area contributed by atoms with Crippen LogP contribution in [0.4, 0.5) is 10.5 Å². The molecule has 1 aliphatic rings. The molecule has 1 fully saturated rings. The first kappa shape index (κ1) is 29.1. The SMILES string of the molecule is CC/C=C(\C)c1ccc(C)c(NC(=O)NCCCCOC)c1.N#Cc1ccc(C2CCCCC2)cc1. The van der Waals surface area contributed by atoms with E-state index in [-0.39, 0.29) is 6.03 Å². The Balaban J connectivity index is 0.000000278. The van der Waals surface area contributed by atoms with Crippen LogP contribution in [0.2, 0.25) is 0 Å². The van der Waals surface area contributed by atoms with Crippen molar-refractivity contribution in [3.8, 4) is 6.07 Å². The number of nitriles is 1. The zero-order chi connectivity index (χ0) is 26.2. The maximum atomic E-state index is 11.9. The number of anilines is 1. The Morgan fingerprint density at radius 3 is 2.47 bits per heavy atom. The molecule has 0 unspecified atom stereocenters. The zero-order valence-electron chi connectivity index (χ0n) is 22.5. The summed E-state index contributed by atoms with van der Waals surface area (Å²) < 4.78 is 4.98. The van der Waals surface area contributed by atoms with E-state index in [0.29, 0.717) is 6.54 Å². The van der Waals surface area contributed by atoms with Gasteiger partial charge in [0.25, 0.3) is 0 Å². The van der Waals surface area contributed by atoms with Gasteiger partial charge in [0.15, 0.2) is 0 Å². The molecule has 2 amide bonds. The average Bonchev–Trinajstić information content (AvgIpc) is 2.91. The lowest BCUT2D eigenvalue weighted by atomic mass is 9.84. The Morgan fingerprint density at radius 2 is 1.83 bits per heavy atom. The standard InChI is InChI=1S/C18H28N2O2.C13H15N/c1-5-8-14(2)16-10-9-15(3)17(13-16)20-18(21)19-11-6-7-12-22-4;14-10-11-6-8-13(9-7-11)12-4-2-1-3-5-12/h8-10,13H,5-7,11-12H2,1-4H3,(H2,19,20,21);6-9,12H,1-5H2/b14-8+;.